The maximum Gasteiger partial charge on any atom is 0.240 e. The number of nitrogens with zero attached hydrogens (tertiary/aromatic N) is 1. The molecule has 1 amide bonds. The number of anilines is 1. The summed E-state index contributed by atoms with van der Waals surface area (Å²) in [6, 6.07) is 13.5. The van der Waals surface area contributed by atoms with E-state index < -0.39 is 10.0 Å². The highest BCUT2D eigenvalue weighted by Gasteiger charge is 2.36. The number of carbonyl (C=O) groups excluding carboxylic acids is 1. The van der Waals surface area contributed by atoms with Gasteiger partial charge in [-0.1, -0.05) is 29.8 Å². The van der Waals surface area contributed by atoms with Crippen molar-refractivity contribution in [1.29, 1.82) is 0 Å². The summed E-state index contributed by atoms with van der Waals surface area (Å²) in [7, 11) is -3.54. The topological polar surface area (TPSA) is 66.5 Å². The van der Waals surface area contributed by atoms with Crippen molar-refractivity contribution in [3.8, 4) is 0 Å². The Bertz CT molecular complexity index is 1020. The molecule has 2 aliphatic rings. The highest BCUT2D eigenvalue weighted by atomic mass is 32.2. The number of hydrogen-bond acceptors (Lipinski definition) is 4. The van der Waals surface area contributed by atoms with Gasteiger partial charge in [0.1, 0.15) is 0 Å². The monoisotopic (exact) mass is 430 g/mol. The van der Waals surface area contributed by atoms with Gasteiger partial charge in [0.25, 0.3) is 0 Å². The van der Waals surface area contributed by atoms with E-state index in [1.165, 1.54) is 11.1 Å². The lowest BCUT2D eigenvalue weighted by atomic mass is 10.2. The summed E-state index contributed by atoms with van der Waals surface area (Å²) >= 11 is 1.71. The quantitative estimate of drug-likeness (QED) is 0.651. The average Bonchev–Trinajstić information content (AvgIpc) is 3.46. The lowest BCUT2D eigenvalue weighted by Crippen LogP contribution is -2.30. The Hall–Kier alpha value is -1.83. The minimum absolute atomic E-state index is 0.170. The summed E-state index contributed by atoms with van der Waals surface area (Å²) in [5.41, 5.74) is 4.30. The number of fused-ring (bicyclic) bond motifs is 1. The van der Waals surface area contributed by atoms with Gasteiger partial charge >= 0.3 is 0 Å². The van der Waals surface area contributed by atoms with E-state index in [1.54, 1.807) is 30.0 Å². The molecule has 1 aliphatic carbocycles. The molecule has 1 heterocycles. The molecular formula is C22H26N2O3S2. The summed E-state index contributed by atoms with van der Waals surface area (Å²) in [4.78, 5) is 14.5. The van der Waals surface area contributed by atoms with E-state index in [0.29, 0.717) is 25.3 Å². The molecule has 1 saturated carbocycles. The van der Waals surface area contributed by atoms with Gasteiger partial charge in [0.2, 0.25) is 15.9 Å². The van der Waals surface area contributed by atoms with Crippen molar-refractivity contribution in [2.24, 2.45) is 5.92 Å². The number of rotatable bonds is 8. The Labute approximate surface area is 176 Å². The van der Waals surface area contributed by atoms with Gasteiger partial charge in [-0.05, 0) is 55.5 Å². The Kier molecular flexibility index (Phi) is 5.99. The zero-order valence-corrected chi connectivity index (χ0v) is 18.2. The molecule has 0 bridgehead atoms. The first-order valence-corrected chi connectivity index (χ1v) is 12.6. The third-order valence-electron chi connectivity index (χ3n) is 5.34. The third kappa shape index (κ3) is 4.85. The second-order valence-electron chi connectivity index (χ2n) is 7.74. The van der Waals surface area contributed by atoms with Crippen LogP contribution in [0.15, 0.2) is 47.4 Å². The fourth-order valence-corrected chi connectivity index (χ4v) is 5.67. The number of amides is 1. The molecule has 1 fully saturated rings. The first-order chi connectivity index (χ1) is 13.9. The molecule has 0 saturated heterocycles. The highest BCUT2D eigenvalue weighted by Crippen LogP contribution is 2.37. The van der Waals surface area contributed by atoms with E-state index in [9.17, 15) is 13.2 Å². The number of thioether (sulfide) groups is 1. The lowest BCUT2D eigenvalue weighted by molar-refractivity contribution is -0.119. The minimum Gasteiger partial charge on any atom is -0.312 e. The summed E-state index contributed by atoms with van der Waals surface area (Å²) in [6.07, 6.45) is 2.66. The lowest BCUT2D eigenvalue weighted by Gasteiger charge is -2.17. The van der Waals surface area contributed by atoms with E-state index in [4.69, 9.17) is 0 Å². The van der Waals surface area contributed by atoms with Crippen LogP contribution < -0.4 is 9.62 Å². The highest BCUT2D eigenvalue weighted by molar-refractivity contribution is 7.98. The molecular weight excluding hydrogens is 404 g/mol. The number of carbonyl (C=O) groups is 1. The predicted molar refractivity (Wildman–Crippen MR) is 118 cm³/mol. The smallest absolute Gasteiger partial charge is 0.240 e. The van der Waals surface area contributed by atoms with Gasteiger partial charge in [0, 0.05) is 36.2 Å². The molecule has 0 spiro atoms. The normalized spacial score (nSPS) is 16.1. The molecule has 154 valence electrons. The van der Waals surface area contributed by atoms with Crippen LogP contribution in [-0.4, -0.2) is 33.2 Å². The zero-order valence-electron chi connectivity index (χ0n) is 16.6. The molecule has 1 aliphatic heterocycles. The molecule has 5 nitrogen and oxygen atoms in total. The summed E-state index contributed by atoms with van der Waals surface area (Å²) in [5.74, 6) is 1.93. The summed E-state index contributed by atoms with van der Waals surface area (Å²) in [5, 5.41) is 0. The first-order valence-electron chi connectivity index (χ1n) is 10.0. The average molecular weight is 431 g/mol. The van der Waals surface area contributed by atoms with Crippen molar-refractivity contribution in [3.63, 3.8) is 0 Å². The molecule has 0 aromatic heterocycles. The maximum absolute atomic E-state index is 12.6. The van der Waals surface area contributed by atoms with Gasteiger partial charge in [0.05, 0.1) is 4.90 Å². The molecule has 0 unspecified atom stereocenters. The van der Waals surface area contributed by atoms with Crippen LogP contribution in [0.4, 0.5) is 5.69 Å². The van der Waals surface area contributed by atoms with E-state index >= 15 is 0 Å². The second-order valence-corrected chi connectivity index (χ2v) is 10.6. The largest absolute Gasteiger partial charge is 0.312 e. The number of benzene rings is 2. The standard InChI is InChI=1S/C22H26N2O3S2/c1-16-3-2-4-17(13-16)15-28-12-10-23-29(26,27)20-7-8-21-19(14-20)9-11-24(21)22(25)18-5-6-18/h2-4,7-8,13-14,18,23H,5-6,9-12,15H2,1H3. The van der Waals surface area contributed by atoms with Gasteiger partial charge < -0.3 is 4.90 Å². The number of sulfonamides is 1. The van der Waals surface area contributed by atoms with E-state index in [-0.39, 0.29) is 16.7 Å². The summed E-state index contributed by atoms with van der Waals surface area (Å²) in [6.45, 7) is 3.11. The van der Waals surface area contributed by atoms with Crippen LogP contribution in [0, 0.1) is 12.8 Å². The summed E-state index contributed by atoms with van der Waals surface area (Å²) < 4.78 is 28.0. The number of hydrogen-bond donors (Lipinski definition) is 1. The van der Waals surface area contributed by atoms with Crippen molar-refractivity contribution in [1.82, 2.24) is 4.72 Å². The van der Waals surface area contributed by atoms with Crippen molar-refractivity contribution in [2.75, 3.05) is 23.7 Å². The van der Waals surface area contributed by atoms with Crippen molar-refractivity contribution in [3.05, 3.63) is 59.2 Å². The van der Waals surface area contributed by atoms with Crippen molar-refractivity contribution in [2.45, 2.75) is 36.8 Å². The van der Waals surface area contributed by atoms with Crippen LogP contribution in [0.1, 0.15) is 29.5 Å². The fourth-order valence-electron chi connectivity index (χ4n) is 3.65. The molecule has 0 radical (unpaired) electrons. The van der Waals surface area contributed by atoms with Crippen LogP contribution in [0.3, 0.4) is 0 Å². The van der Waals surface area contributed by atoms with Crippen LogP contribution in [0.25, 0.3) is 0 Å². The second kappa shape index (κ2) is 8.50. The van der Waals surface area contributed by atoms with Crippen LogP contribution in [0.5, 0.6) is 0 Å². The Morgan fingerprint density at radius 3 is 2.79 bits per heavy atom. The van der Waals surface area contributed by atoms with E-state index in [1.807, 2.05) is 11.0 Å². The van der Waals surface area contributed by atoms with E-state index in [2.05, 4.69) is 29.8 Å². The van der Waals surface area contributed by atoms with Crippen LogP contribution in [-0.2, 0) is 27.0 Å². The van der Waals surface area contributed by atoms with E-state index in [0.717, 1.165) is 29.8 Å². The number of nitrogens with one attached hydrogen (secondary N) is 1. The molecule has 7 heteroatoms. The first kappa shape index (κ1) is 20.4. The maximum atomic E-state index is 12.6. The molecule has 1 N–H and O–H groups in total. The predicted octanol–water partition coefficient (Wildman–Crippen LogP) is 3.51. The van der Waals surface area contributed by atoms with Crippen LogP contribution in [0.2, 0.25) is 0 Å². The Balaban J connectivity index is 1.31. The van der Waals surface area contributed by atoms with Gasteiger partial charge in [-0.3, -0.25) is 4.79 Å². The van der Waals surface area contributed by atoms with Crippen molar-refractivity contribution >= 4 is 33.4 Å². The molecule has 2 aromatic carbocycles. The molecule has 2 aromatic rings. The van der Waals surface area contributed by atoms with Gasteiger partial charge in [-0.2, -0.15) is 11.8 Å². The Morgan fingerprint density at radius 2 is 2.03 bits per heavy atom. The van der Waals surface area contributed by atoms with Crippen LogP contribution >= 0.6 is 11.8 Å². The third-order valence-corrected chi connectivity index (χ3v) is 7.83. The van der Waals surface area contributed by atoms with Gasteiger partial charge in [0.15, 0.2) is 0 Å². The fraction of sp³-hybridized carbons (Fsp3) is 0.409. The van der Waals surface area contributed by atoms with Crippen molar-refractivity contribution < 1.29 is 13.2 Å². The van der Waals surface area contributed by atoms with Gasteiger partial charge in [-0.15, -0.1) is 0 Å². The van der Waals surface area contributed by atoms with Gasteiger partial charge in [-0.25, -0.2) is 13.1 Å². The minimum atomic E-state index is -3.54. The SMILES string of the molecule is Cc1cccc(CSCCNS(=O)(=O)c2ccc3c(c2)CCN3C(=O)C2CC2)c1. The molecule has 29 heavy (non-hydrogen) atoms. The number of aryl methyl sites for hydroxylation is 1. The molecule has 0 atom stereocenters. The zero-order chi connectivity index (χ0) is 20.4. The Morgan fingerprint density at radius 1 is 1.21 bits per heavy atom. The molecule has 4 rings (SSSR count).